The molecule has 7 nitrogen and oxygen atoms in total. The van der Waals surface area contributed by atoms with Gasteiger partial charge in [0.15, 0.2) is 0 Å². The highest BCUT2D eigenvalue weighted by Crippen LogP contribution is 2.29. The molecule has 2 aliphatic rings. The van der Waals surface area contributed by atoms with Gasteiger partial charge in [-0.1, -0.05) is 0 Å². The van der Waals surface area contributed by atoms with Crippen molar-refractivity contribution in [3.05, 3.63) is 58.8 Å². The van der Waals surface area contributed by atoms with Crippen LogP contribution in [0, 0.1) is 0 Å². The number of amides is 4. The third kappa shape index (κ3) is 2.77. The highest BCUT2D eigenvalue weighted by atomic mass is 16.3. The Bertz CT molecular complexity index is 798. The maximum Gasteiger partial charge on any atom is 0.333 e. The minimum atomic E-state index is -0.629. The number of hydrogen-bond donors (Lipinski definition) is 0. The van der Waals surface area contributed by atoms with Crippen molar-refractivity contribution in [2.24, 2.45) is 0 Å². The number of likely N-dealkylation sites (N-methyl/N-ethyl adjacent to an activating group) is 2. The van der Waals surface area contributed by atoms with Gasteiger partial charge in [-0.05, 0) is 43.7 Å². The highest BCUT2D eigenvalue weighted by molar-refractivity contribution is 6.29. The molecule has 0 atom stereocenters. The van der Waals surface area contributed by atoms with E-state index < -0.39 is 17.8 Å². The van der Waals surface area contributed by atoms with Crippen LogP contribution in [0.2, 0.25) is 0 Å². The number of hydrogen-bond acceptors (Lipinski definition) is 5. The summed E-state index contributed by atoms with van der Waals surface area (Å²) in [5.41, 5.74) is 2.26. The molecule has 1 aromatic heterocycles. The van der Waals surface area contributed by atoms with E-state index in [9.17, 15) is 14.4 Å². The Balaban J connectivity index is 2.00. The molecular weight excluding hydrogens is 322 g/mol. The van der Waals surface area contributed by atoms with Crippen LogP contribution in [0.3, 0.4) is 0 Å². The SMILES string of the molecule is CC1=CC(=C2C(=O)N(C)C(=O)N(C)C2=O)C=C(C)N1Cc1ccco1. The van der Waals surface area contributed by atoms with Crippen LogP contribution in [-0.2, 0) is 16.1 Å². The smallest absolute Gasteiger partial charge is 0.333 e. The number of nitrogens with zero attached hydrogens (tertiary/aromatic N) is 3. The molecule has 1 aromatic rings. The van der Waals surface area contributed by atoms with E-state index in [4.69, 9.17) is 4.42 Å². The summed E-state index contributed by atoms with van der Waals surface area (Å²) in [6.07, 6.45) is 5.17. The molecule has 130 valence electrons. The first-order chi connectivity index (χ1) is 11.8. The molecule has 3 heterocycles. The molecule has 4 amide bonds. The van der Waals surface area contributed by atoms with Crippen LogP contribution >= 0.6 is 0 Å². The van der Waals surface area contributed by atoms with Crippen LogP contribution in [0.15, 0.2) is 57.5 Å². The van der Waals surface area contributed by atoms with Gasteiger partial charge in [-0.3, -0.25) is 19.4 Å². The van der Waals surface area contributed by atoms with Gasteiger partial charge in [0.05, 0.1) is 12.8 Å². The second kappa shape index (κ2) is 6.08. The van der Waals surface area contributed by atoms with E-state index in [1.165, 1.54) is 14.1 Å². The summed E-state index contributed by atoms with van der Waals surface area (Å²) in [5.74, 6) is -0.363. The van der Waals surface area contributed by atoms with Crippen LogP contribution < -0.4 is 0 Å². The Morgan fingerprint density at radius 1 is 0.960 bits per heavy atom. The first kappa shape index (κ1) is 16.8. The minimum Gasteiger partial charge on any atom is -0.467 e. The molecule has 2 aliphatic heterocycles. The quantitative estimate of drug-likeness (QED) is 0.609. The minimum absolute atomic E-state index is 0.000878. The average Bonchev–Trinajstić information content (AvgIpc) is 3.08. The molecule has 0 bridgehead atoms. The third-order valence-corrected chi connectivity index (χ3v) is 4.37. The van der Waals surface area contributed by atoms with E-state index in [0.717, 1.165) is 27.0 Å². The summed E-state index contributed by atoms with van der Waals surface area (Å²) in [6.45, 7) is 4.35. The molecule has 3 rings (SSSR count). The van der Waals surface area contributed by atoms with E-state index in [0.29, 0.717) is 12.1 Å². The Hall–Kier alpha value is -3.09. The topological polar surface area (TPSA) is 74.1 Å². The summed E-state index contributed by atoms with van der Waals surface area (Å²) >= 11 is 0. The predicted octanol–water partition coefficient (Wildman–Crippen LogP) is 2.25. The van der Waals surface area contributed by atoms with Gasteiger partial charge in [-0.2, -0.15) is 0 Å². The molecule has 1 fully saturated rings. The van der Waals surface area contributed by atoms with Crippen LogP contribution in [0.1, 0.15) is 19.6 Å². The molecule has 7 heteroatoms. The fraction of sp³-hybridized carbons (Fsp3) is 0.278. The van der Waals surface area contributed by atoms with Crippen LogP contribution in [0.4, 0.5) is 4.79 Å². The maximum atomic E-state index is 12.5. The maximum absolute atomic E-state index is 12.5. The molecule has 25 heavy (non-hydrogen) atoms. The zero-order valence-electron chi connectivity index (χ0n) is 14.6. The number of urea groups is 1. The van der Waals surface area contributed by atoms with Crippen molar-refractivity contribution in [2.75, 3.05) is 14.1 Å². The van der Waals surface area contributed by atoms with E-state index in [1.54, 1.807) is 18.4 Å². The van der Waals surface area contributed by atoms with Gasteiger partial charge in [-0.25, -0.2) is 4.79 Å². The highest BCUT2D eigenvalue weighted by Gasteiger charge is 2.39. The van der Waals surface area contributed by atoms with Crippen molar-refractivity contribution in [1.82, 2.24) is 14.7 Å². The first-order valence-corrected chi connectivity index (χ1v) is 7.82. The van der Waals surface area contributed by atoms with E-state index in [-0.39, 0.29) is 5.57 Å². The fourth-order valence-electron chi connectivity index (χ4n) is 2.95. The number of imide groups is 2. The summed E-state index contributed by atoms with van der Waals surface area (Å²) in [5, 5.41) is 0. The van der Waals surface area contributed by atoms with Crippen molar-refractivity contribution < 1.29 is 18.8 Å². The number of rotatable bonds is 2. The lowest BCUT2D eigenvalue weighted by Crippen LogP contribution is -2.53. The van der Waals surface area contributed by atoms with E-state index in [2.05, 4.69) is 0 Å². The molecule has 0 aliphatic carbocycles. The number of barbiturate groups is 1. The Kier molecular flexibility index (Phi) is 4.08. The van der Waals surface area contributed by atoms with Gasteiger partial charge in [0.2, 0.25) is 0 Å². The van der Waals surface area contributed by atoms with Crippen LogP contribution in [-0.4, -0.2) is 46.6 Å². The molecular formula is C18H19N3O4. The second-order valence-electron chi connectivity index (χ2n) is 6.08. The Morgan fingerprint density at radius 3 is 2.00 bits per heavy atom. The molecule has 0 radical (unpaired) electrons. The van der Waals surface area contributed by atoms with Crippen LogP contribution in [0.25, 0.3) is 0 Å². The zero-order chi connectivity index (χ0) is 18.3. The van der Waals surface area contributed by atoms with E-state index in [1.807, 2.05) is 30.9 Å². The summed E-state index contributed by atoms with van der Waals surface area (Å²) < 4.78 is 5.38. The molecule has 0 N–H and O–H groups in total. The molecule has 0 saturated carbocycles. The van der Waals surface area contributed by atoms with Gasteiger partial charge >= 0.3 is 6.03 Å². The fourth-order valence-corrected chi connectivity index (χ4v) is 2.95. The number of carbonyl (C=O) groups is 3. The standard InChI is InChI=1S/C18H19N3O4/c1-11-8-13(9-12(2)21(11)10-14-6-5-7-25-14)15-16(22)19(3)18(24)20(4)17(15)23/h5-9H,10H2,1-4H3. The van der Waals surface area contributed by atoms with Gasteiger partial charge < -0.3 is 9.32 Å². The van der Waals surface area contributed by atoms with Crippen molar-refractivity contribution in [2.45, 2.75) is 20.4 Å². The number of furan rings is 1. The summed E-state index contributed by atoms with van der Waals surface area (Å²) in [6, 6.07) is 3.08. The van der Waals surface area contributed by atoms with Gasteiger partial charge in [0, 0.05) is 25.5 Å². The lowest BCUT2D eigenvalue weighted by atomic mass is 9.99. The first-order valence-electron chi connectivity index (χ1n) is 7.82. The van der Waals surface area contributed by atoms with Crippen molar-refractivity contribution >= 4 is 17.8 Å². The Labute approximate surface area is 145 Å². The van der Waals surface area contributed by atoms with Crippen molar-refractivity contribution in [1.29, 1.82) is 0 Å². The Morgan fingerprint density at radius 2 is 1.52 bits per heavy atom. The van der Waals surface area contributed by atoms with Gasteiger partial charge in [-0.15, -0.1) is 0 Å². The summed E-state index contributed by atoms with van der Waals surface area (Å²) in [4.78, 5) is 40.7. The predicted molar refractivity (Wildman–Crippen MR) is 89.7 cm³/mol. The zero-order valence-corrected chi connectivity index (χ0v) is 14.6. The van der Waals surface area contributed by atoms with Crippen molar-refractivity contribution in [3.63, 3.8) is 0 Å². The second-order valence-corrected chi connectivity index (χ2v) is 6.08. The van der Waals surface area contributed by atoms with Gasteiger partial charge in [0.25, 0.3) is 11.8 Å². The van der Waals surface area contributed by atoms with Gasteiger partial charge in [0.1, 0.15) is 11.3 Å². The largest absolute Gasteiger partial charge is 0.467 e. The van der Waals surface area contributed by atoms with Crippen molar-refractivity contribution in [3.8, 4) is 0 Å². The molecule has 0 aromatic carbocycles. The molecule has 0 spiro atoms. The number of carbonyl (C=O) groups excluding carboxylic acids is 3. The summed E-state index contributed by atoms with van der Waals surface area (Å²) in [7, 11) is 2.74. The monoisotopic (exact) mass is 341 g/mol. The third-order valence-electron chi connectivity index (χ3n) is 4.37. The lowest BCUT2D eigenvalue weighted by molar-refractivity contribution is -0.134. The molecule has 0 unspecified atom stereocenters. The average molecular weight is 341 g/mol. The molecule has 1 saturated heterocycles. The number of allylic oxidation sites excluding steroid dienone is 5. The van der Waals surface area contributed by atoms with E-state index >= 15 is 0 Å². The van der Waals surface area contributed by atoms with Crippen LogP contribution in [0.5, 0.6) is 0 Å². The lowest BCUT2D eigenvalue weighted by Gasteiger charge is -2.32. The normalized spacial score (nSPS) is 18.9.